The summed E-state index contributed by atoms with van der Waals surface area (Å²) >= 11 is 0. The monoisotopic (exact) mass is 304 g/mol. The third-order valence-corrected chi connectivity index (χ3v) is 4.41. The van der Waals surface area contributed by atoms with Crippen LogP contribution in [0.25, 0.3) is 0 Å². The quantitative estimate of drug-likeness (QED) is 0.363. The van der Waals surface area contributed by atoms with Crippen molar-refractivity contribution in [2.24, 2.45) is 0 Å². The Bertz CT molecular complexity index is 463. The van der Waals surface area contributed by atoms with Gasteiger partial charge in [-0.2, -0.15) is 16.8 Å². The molecule has 8 nitrogen and oxygen atoms in total. The van der Waals surface area contributed by atoms with Crippen molar-refractivity contribution in [1.29, 1.82) is 0 Å². The van der Waals surface area contributed by atoms with Crippen molar-refractivity contribution >= 4 is 26.2 Å². The highest BCUT2D eigenvalue weighted by molar-refractivity contribution is 7.87. The smallest absolute Gasteiger partial charge is 0.333 e. The molecule has 0 spiro atoms. The molecule has 0 aliphatic heterocycles. The van der Waals surface area contributed by atoms with Crippen LogP contribution in [-0.2, 0) is 34.0 Å². The second-order valence-corrected chi connectivity index (χ2v) is 7.04. The summed E-state index contributed by atoms with van der Waals surface area (Å²) in [5.41, 5.74) is 0. The Hall–Kier alpha value is -0.710. The van der Waals surface area contributed by atoms with Crippen LogP contribution in [0.1, 0.15) is 20.3 Å². The van der Waals surface area contributed by atoms with Gasteiger partial charge in [0.2, 0.25) is 0 Å². The molecule has 0 saturated carbocycles. The SMILES string of the molecule is CCOC(=O)COS(=O)(=O)CCC(C)S(=O)(=O)O. The third-order valence-electron chi connectivity index (χ3n) is 1.94. The van der Waals surface area contributed by atoms with Gasteiger partial charge in [0.25, 0.3) is 20.2 Å². The fourth-order valence-electron chi connectivity index (χ4n) is 0.859. The summed E-state index contributed by atoms with van der Waals surface area (Å²) in [6.07, 6.45) is -0.329. The number of hydrogen-bond donors (Lipinski definition) is 1. The molecule has 1 N–H and O–H groups in total. The molecule has 0 aromatic rings. The van der Waals surface area contributed by atoms with Gasteiger partial charge in [-0.25, -0.2) is 4.79 Å². The predicted octanol–water partition coefficient (Wildman–Crippen LogP) is -0.438. The maximum absolute atomic E-state index is 11.3. The summed E-state index contributed by atoms with van der Waals surface area (Å²) in [4.78, 5) is 10.8. The summed E-state index contributed by atoms with van der Waals surface area (Å²) in [6.45, 7) is 2.06. The molecule has 0 radical (unpaired) electrons. The average molecular weight is 304 g/mol. The second kappa shape index (κ2) is 7.02. The van der Waals surface area contributed by atoms with Crippen LogP contribution in [0.2, 0.25) is 0 Å². The van der Waals surface area contributed by atoms with Gasteiger partial charge in [0.05, 0.1) is 17.6 Å². The zero-order valence-electron chi connectivity index (χ0n) is 10.0. The zero-order chi connectivity index (χ0) is 14.4. The molecule has 0 aromatic carbocycles. The van der Waals surface area contributed by atoms with Gasteiger partial charge in [0, 0.05) is 0 Å². The normalized spacial score (nSPS) is 14.2. The molecule has 0 bridgehead atoms. The van der Waals surface area contributed by atoms with E-state index in [-0.39, 0.29) is 13.0 Å². The van der Waals surface area contributed by atoms with Crippen molar-refractivity contribution < 1.29 is 35.1 Å². The van der Waals surface area contributed by atoms with Gasteiger partial charge in [0.1, 0.15) is 0 Å². The van der Waals surface area contributed by atoms with Crippen molar-refractivity contribution in [2.75, 3.05) is 19.0 Å². The molecule has 0 saturated heterocycles. The van der Waals surface area contributed by atoms with E-state index < -0.39 is 43.8 Å². The summed E-state index contributed by atoms with van der Waals surface area (Å²) in [6, 6.07) is 0. The van der Waals surface area contributed by atoms with Crippen LogP contribution in [0.5, 0.6) is 0 Å². The minimum Gasteiger partial charge on any atom is -0.464 e. The number of rotatable bonds is 8. The lowest BCUT2D eigenvalue weighted by Gasteiger charge is -2.08. The van der Waals surface area contributed by atoms with Crippen molar-refractivity contribution in [3.05, 3.63) is 0 Å². The van der Waals surface area contributed by atoms with Crippen LogP contribution >= 0.6 is 0 Å². The summed E-state index contributed by atoms with van der Waals surface area (Å²) < 4.78 is 61.2. The molecular weight excluding hydrogens is 288 g/mol. The van der Waals surface area contributed by atoms with Crippen molar-refractivity contribution in [3.8, 4) is 0 Å². The van der Waals surface area contributed by atoms with Crippen LogP contribution in [0.3, 0.4) is 0 Å². The zero-order valence-corrected chi connectivity index (χ0v) is 11.7. The largest absolute Gasteiger partial charge is 0.464 e. The Labute approximate surface area is 106 Å². The lowest BCUT2D eigenvalue weighted by molar-refractivity contribution is -0.145. The fraction of sp³-hybridized carbons (Fsp3) is 0.875. The van der Waals surface area contributed by atoms with Gasteiger partial charge in [-0.1, -0.05) is 0 Å². The Kier molecular flexibility index (Phi) is 6.74. The molecular formula is C8H16O8S2. The van der Waals surface area contributed by atoms with Gasteiger partial charge in [0.15, 0.2) is 6.61 Å². The van der Waals surface area contributed by atoms with Gasteiger partial charge in [-0.15, -0.1) is 0 Å². The first-order chi connectivity index (χ1) is 8.08. The first-order valence-electron chi connectivity index (χ1n) is 5.07. The Morgan fingerprint density at radius 3 is 2.28 bits per heavy atom. The molecule has 0 fully saturated rings. The molecule has 0 aromatic heterocycles. The summed E-state index contributed by atoms with van der Waals surface area (Å²) in [7, 11) is -8.30. The number of esters is 1. The second-order valence-electron chi connectivity index (χ2n) is 3.44. The van der Waals surface area contributed by atoms with E-state index in [1.165, 1.54) is 0 Å². The highest BCUT2D eigenvalue weighted by atomic mass is 32.2. The maximum Gasteiger partial charge on any atom is 0.333 e. The molecule has 1 atom stereocenters. The minimum absolute atomic E-state index is 0.0992. The number of carbonyl (C=O) groups excluding carboxylic acids is 1. The van der Waals surface area contributed by atoms with Crippen molar-refractivity contribution in [3.63, 3.8) is 0 Å². The van der Waals surface area contributed by atoms with E-state index in [1.54, 1.807) is 6.92 Å². The average Bonchev–Trinajstić information content (AvgIpc) is 2.22. The van der Waals surface area contributed by atoms with Crippen LogP contribution in [0.4, 0.5) is 0 Å². The van der Waals surface area contributed by atoms with E-state index in [0.717, 1.165) is 6.92 Å². The van der Waals surface area contributed by atoms with Gasteiger partial charge in [-0.05, 0) is 20.3 Å². The van der Waals surface area contributed by atoms with Crippen LogP contribution < -0.4 is 0 Å². The Morgan fingerprint density at radius 2 is 1.83 bits per heavy atom. The third kappa shape index (κ3) is 7.58. The van der Waals surface area contributed by atoms with E-state index in [0.29, 0.717) is 0 Å². The molecule has 108 valence electrons. The van der Waals surface area contributed by atoms with Gasteiger partial charge < -0.3 is 4.74 Å². The molecule has 0 heterocycles. The lowest BCUT2D eigenvalue weighted by atomic mass is 10.4. The van der Waals surface area contributed by atoms with E-state index in [2.05, 4.69) is 8.92 Å². The van der Waals surface area contributed by atoms with Crippen molar-refractivity contribution in [1.82, 2.24) is 0 Å². The topological polar surface area (TPSA) is 124 Å². The van der Waals surface area contributed by atoms with E-state index in [9.17, 15) is 21.6 Å². The van der Waals surface area contributed by atoms with Crippen LogP contribution in [0, 0.1) is 0 Å². The molecule has 0 aliphatic rings. The Balaban J connectivity index is 4.22. The van der Waals surface area contributed by atoms with Gasteiger partial charge >= 0.3 is 5.97 Å². The molecule has 0 amide bonds. The number of carbonyl (C=O) groups is 1. The van der Waals surface area contributed by atoms with Crippen LogP contribution in [0.15, 0.2) is 0 Å². The standard InChI is InChI=1S/C8H16O8S2/c1-3-15-8(9)6-16-17(10,11)5-4-7(2)18(12,13)14/h7H,3-6H2,1-2H3,(H,12,13,14). The lowest BCUT2D eigenvalue weighted by Crippen LogP contribution is -2.23. The first kappa shape index (κ1) is 17.3. The highest BCUT2D eigenvalue weighted by Crippen LogP contribution is 2.06. The molecule has 0 aliphatic carbocycles. The molecule has 0 rings (SSSR count). The molecule has 10 heteroatoms. The maximum atomic E-state index is 11.3. The first-order valence-corrected chi connectivity index (χ1v) is 8.15. The predicted molar refractivity (Wildman–Crippen MR) is 62.0 cm³/mol. The minimum atomic E-state index is -4.28. The summed E-state index contributed by atoms with van der Waals surface area (Å²) in [5.74, 6) is -1.45. The number of hydrogen-bond acceptors (Lipinski definition) is 7. The number of ether oxygens (including phenoxy) is 1. The Morgan fingerprint density at radius 1 is 1.28 bits per heavy atom. The van der Waals surface area contributed by atoms with E-state index >= 15 is 0 Å². The van der Waals surface area contributed by atoms with Crippen molar-refractivity contribution in [2.45, 2.75) is 25.5 Å². The highest BCUT2D eigenvalue weighted by Gasteiger charge is 2.22. The summed E-state index contributed by atoms with van der Waals surface area (Å²) in [5, 5.41) is -1.22. The van der Waals surface area contributed by atoms with Crippen LogP contribution in [-0.4, -0.2) is 51.6 Å². The van der Waals surface area contributed by atoms with E-state index in [4.69, 9.17) is 4.55 Å². The molecule has 1 unspecified atom stereocenters. The fourth-order valence-corrected chi connectivity index (χ4v) is 2.46. The van der Waals surface area contributed by atoms with E-state index in [1.807, 2.05) is 0 Å². The molecule has 18 heavy (non-hydrogen) atoms. The van der Waals surface area contributed by atoms with Gasteiger partial charge in [-0.3, -0.25) is 8.74 Å².